The summed E-state index contributed by atoms with van der Waals surface area (Å²) in [6, 6.07) is 7.88. The highest BCUT2D eigenvalue weighted by molar-refractivity contribution is 7.12. The number of alkyl halides is 2. The first-order valence-corrected chi connectivity index (χ1v) is 7.96. The second-order valence-corrected chi connectivity index (χ2v) is 5.90. The minimum atomic E-state index is -3.00. The van der Waals surface area contributed by atoms with E-state index in [4.69, 9.17) is 9.84 Å². The van der Waals surface area contributed by atoms with Gasteiger partial charge in [-0.15, -0.1) is 11.3 Å². The summed E-state index contributed by atoms with van der Waals surface area (Å²) in [5, 5.41) is 10.1. The molecule has 2 rings (SSSR count). The molecule has 0 aliphatic heterocycles. The Hall–Kier alpha value is -2.68. The highest BCUT2D eigenvalue weighted by Crippen LogP contribution is 2.28. The molecule has 25 heavy (non-hydrogen) atoms. The van der Waals surface area contributed by atoms with Crippen molar-refractivity contribution in [2.75, 3.05) is 13.7 Å². The zero-order chi connectivity index (χ0) is 18.4. The van der Waals surface area contributed by atoms with E-state index in [1.54, 1.807) is 31.3 Å². The average molecular weight is 371 g/mol. The third-order valence-corrected chi connectivity index (χ3v) is 3.98. The van der Waals surface area contributed by atoms with Gasteiger partial charge in [-0.05, 0) is 29.1 Å². The highest BCUT2D eigenvalue weighted by atomic mass is 32.1. The predicted molar refractivity (Wildman–Crippen MR) is 86.3 cm³/mol. The van der Waals surface area contributed by atoms with Crippen LogP contribution in [0.1, 0.15) is 15.2 Å². The van der Waals surface area contributed by atoms with E-state index in [0.29, 0.717) is 5.75 Å². The van der Waals surface area contributed by atoms with Gasteiger partial charge in [-0.25, -0.2) is 4.79 Å². The molecule has 0 aliphatic rings. The van der Waals surface area contributed by atoms with Crippen LogP contribution >= 0.6 is 11.3 Å². The van der Waals surface area contributed by atoms with Gasteiger partial charge >= 0.3 is 12.6 Å². The maximum Gasteiger partial charge on any atom is 0.387 e. The first-order valence-electron chi connectivity index (χ1n) is 7.08. The summed E-state index contributed by atoms with van der Waals surface area (Å²) in [5.41, 5.74) is 0.770. The normalized spacial score (nSPS) is 10.6. The van der Waals surface area contributed by atoms with E-state index >= 15 is 0 Å². The van der Waals surface area contributed by atoms with Crippen LogP contribution in [0.4, 0.5) is 8.78 Å². The third kappa shape index (κ3) is 5.42. The number of carbonyl (C=O) groups excluding carboxylic acids is 1. The van der Waals surface area contributed by atoms with Crippen LogP contribution in [0, 0.1) is 0 Å². The summed E-state index contributed by atoms with van der Waals surface area (Å²) < 4.78 is 34.1. The topological polar surface area (TPSA) is 76.1 Å². The lowest BCUT2D eigenvalue weighted by atomic mass is 10.2. The Bertz CT molecular complexity index is 732. The van der Waals surface area contributed by atoms with E-state index in [-0.39, 0.29) is 17.2 Å². The number of amides is 1. The maximum atomic E-state index is 12.4. The Morgan fingerprint density at radius 1 is 1.24 bits per heavy atom. The standard InChI is InChI=1S/C16H15F2NO5S/c1-19(15(22)14-12(6-7-25-14)24-16(17)18)8-10-2-4-11(5-3-10)23-9-13(20)21/h2-7,16H,8-9H2,1H3,(H,20,21). The Morgan fingerprint density at radius 2 is 1.92 bits per heavy atom. The molecule has 9 heteroatoms. The largest absolute Gasteiger partial charge is 0.482 e. The molecule has 1 aromatic carbocycles. The van der Waals surface area contributed by atoms with E-state index in [9.17, 15) is 18.4 Å². The van der Waals surface area contributed by atoms with E-state index in [2.05, 4.69) is 4.74 Å². The van der Waals surface area contributed by atoms with E-state index in [1.807, 2.05) is 0 Å². The molecule has 2 aromatic rings. The quantitative estimate of drug-likeness (QED) is 0.772. The van der Waals surface area contributed by atoms with E-state index < -0.39 is 25.1 Å². The van der Waals surface area contributed by atoms with E-state index in [1.165, 1.54) is 16.3 Å². The summed E-state index contributed by atoms with van der Waals surface area (Å²) in [6.45, 7) is -3.20. The fourth-order valence-electron chi connectivity index (χ4n) is 2.00. The van der Waals surface area contributed by atoms with Gasteiger partial charge < -0.3 is 19.5 Å². The molecule has 6 nitrogen and oxygen atoms in total. The molecule has 0 bridgehead atoms. The molecular weight excluding hydrogens is 356 g/mol. The van der Waals surface area contributed by atoms with Crippen LogP contribution in [-0.4, -0.2) is 42.1 Å². The van der Waals surface area contributed by atoms with Crippen molar-refractivity contribution in [3.63, 3.8) is 0 Å². The van der Waals surface area contributed by atoms with Gasteiger partial charge in [-0.1, -0.05) is 12.1 Å². The Kier molecular flexibility index (Phi) is 6.29. The number of carbonyl (C=O) groups is 2. The zero-order valence-corrected chi connectivity index (χ0v) is 14.0. The minimum absolute atomic E-state index is 0.101. The average Bonchev–Trinajstić information content (AvgIpc) is 3.00. The number of benzene rings is 1. The van der Waals surface area contributed by atoms with Crippen molar-refractivity contribution in [2.24, 2.45) is 0 Å². The molecule has 0 radical (unpaired) electrons. The van der Waals surface area contributed by atoms with Gasteiger partial charge in [-0.3, -0.25) is 4.79 Å². The third-order valence-electron chi connectivity index (χ3n) is 3.09. The summed E-state index contributed by atoms with van der Waals surface area (Å²) in [6.07, 6.45) is 0. The molecular formula is C16H15F2NO5S. The van der Waals surface area contributed by atoms with Gasteiger partial charge in [0.15, 0.2) is 6.61 Å². The summed E-state index contributed by atoms with van der Waals surface area (Å²) in [7, 11) is 1.54. The molecule has 134 valence electrons. The van der Waals surface area contributed by atoms with Crippen molar-refractivity contribution < 1.29 is 33.0 Å². The van der Waals surface area contributed by atoms with Crippen LogP contribution in [-0.2, 0) is 11.3 Å². The number of rotatable bonds is 8. The Labute approximate surface area is 146 Å². The second kappa shape index (κ2) is 8.43. The van der Waals surface area contributed by atoms with Gasteiger partial charge in [0.1, 0.15) is 16.4 Å². The monoisotopic (exact) mass is 371 g/mol. The van der Waals surface area contributed by atoms with Gasteiger partial charge in [-0.2, -0.15) is 8.78 Å². The number of carboxylic acid groups (broad SMARTS) is 1. The number of carboxylic acids is 1. The van der Waals surface area contributed by atoms with Crippen LogP contribution in [0.5, 0.6) is 11.5 Å². The second-order valence-electron chi connectivity index (χ2n) is 4.98. The highest BCUT2D eigenvalue weighted by Gasteiger charge is 2.20. The lowest BCUT2D eigenvalue weighted by Crippen LogP contribution is -2.26. The van der Waals surface area contributed by atoms with Crippen molar-refractivity contribution in [1.29, 1.82) is 0 Å². The zero-order valence-electron chi connectivity index (χ0n) is 13.1. The fourth-order valence-corrected chi connectivity index (χ4v) is 2.81. The number of thiophene rings is 1. The maximum absolute atomic E-state index is 12.4. The van der Waals surface area contributed by atoms with E-state index in [0.717, 1.165) is 16.9 Å². The van der Waals surface area contributed by atoms with Crippen LogP contribution in [0.15, 0.2) is 35.7 Å². The molecule has 0 saturated carbocycles. The predicted octanol–water partition coefficient (Wildman–Crippen LogP) is 3.09. The molecule has 1 amide bonds. The Morgan fingerprint density at radius 3 is 2.52 bits per heavy atom. The first kappa shape index (κ1) is 18.7. The van der Waals surface area contributed by atoms with Crippen LogP contribution in [0.25, 0.3) is 0 Å². The SMILES string of the molecule is CN(Cc1ccc(OCC(=O)O)cc1)C(=O)c1sccc1OC(F)F. The van der Waals surface area contributed by atoms with Gasteiger partial charge in [0.2, 0.25) is 0 Å². The number of hydrogen-bond donors (Lipinski definition) is 1. The molecule has 0 spiro atoms. The van der Waals surface area contributed by atoms with Gasteiger partial charge in [0, 0.05) is 13.6 Å². The van der Waals surface area contributed by atoms with Crippen molar-refractivity contribution in [2.45, 2.75) is 13.2 Å². The lowest BCUT2D eigenvalue weighted by Gasteiger charge is -2.17. The van der Waals surface area contributed by atoms with Crippen molar-refractivity contribution in [3.05, 3.63) is 46.2 Å². The molecule has 0 atom stereocenters. The molecule has 1 N–H and O–H groups in total. The van der Waals surface area contributed by atoms with Gasteiger partial charge in [0.25, 0.3) is 5.91 Å². The van der Waals surface area contributed by atoms with Gasteiger partial charge in [0.05, 0.1) is 0 Å². The fraction of sp³-hybridized carbons (Fsp3) is 0.250. The van der Waals surface area contributed by atoms with Crippen molar-refractivity contribution in [1.82, 2.24) is 4.90 Å². The minimum Gasteiger partial charge on any atom is -0.482 e. The molecule has 1 aromatic heterocycles. The number of nitrogens with zero attached hydrogens (tertiary/aromatic N) is 1. The smallest absolute Gasteiger partial charge is 0.387 e. The summed E-state index contributed by atoms with van der Waals surface area (Å²) in [5.74, 6) is -1.26. The number of aliphatic carboxylic acids is 1. The number of hydrogen-bond acceptors (Lipinski definition) is 5. The summed E-state index contributed by atoms with van der Waals surface area (Å²) >= 11 is 1.03. The molecule has 1 heterocycles. The van der Waals surface area contributed by atoms with Crippen molar-refractivity contribution >= 4 is 23.2 Å². The molecule has 0 saturated heterocycles. The molecule has 0 unspecified atom stereocenters. The molecule has 0 fully saturated rings. The van der Waals surface area contributed by atoms with Crippen LogP contribution in [0.3, 0.4) is 0 Å². The Balaban J connectivity index is 1.99. The number of ether oxygens (including phenoxy) is 2. The first-order chi connectivity index (χ1) is 11.9. The summed E-state index contributed by atoms with van der Waals surface area (Å²) in [4.78, 5) is 24.3. The number of halogens is 2. The lowest BCUT2D eigenvalue weighted by molar-refractivity contribution is -0.139. The van der Waals surface area contributed by atoms with Crippen LogP contribution in [0.2, 0.25) is 0 Å². The molecule has 0 aliphatic carbocycles. The van der Waals surface area contributed by atoms with Crippen molar-refractivity contribution in [3.8, 4) is 11.5 Å². The van der Waals surface area contributed by atoms with Crippen LogP contribution < -0.4 is 9.47 Å².